The van der Waals surface area contributed by atoms with Gasteiger partial charge in [-0.2, -0.15) is 0 Å². The Labute approximate surface area is 212 Å². The Morgan fingerprint density at radius 2 is 1.78 bits per heavy atom. The first kappa shape index (κ1) is 24.2. The Balaban J connectivity index is 1.38. The zero-order valence-corrected chi connectivity index (χ0v) is 21.3. The molecule has 0 radical (unpaired) electrons. The molecule has 3 aromatic rings. The van der Waals surface area contributed by atoms with Gasteiger partial charge in [0.25, 0.3) is 5.91 Å². The average molecular weight is 487 g/mol. The fourth-order valence-electron chi connectivity index (χ4n) is 4.98. The number of ether oxygens (including phenoxy) is 1. The first-order chi connectivity index (χ1) is 17.5. The third-order valence-corrected chi connectivity index (χ3v) is 7.25. The summed E-state index contributed by atoms with van der Waals surface area (Å²) in [6, 6.07) is 18.0. The molecule has 2 amide bonds. The molecular formula is C30H34N2O4. The number of fused-ring (bicyclic) bond motifs is 1. The van der Waals surface area contributed by atoms with Crippen LogP contribution in [0.25, 0.3) is 0 Å². The van der Waals surface area contributed by atoms with Crippen molar-refractivity contribution in [2.24, 2.45) is 5.92 Å². The number of carbonyl (C=O) groups excluding carboxylic acids is 2. The Morgan fingerprint density at radius 1 is 1.03 bits per heavy atom. The van der Waals surface area contributed by atoms with Crippen LogP contribution in [0, 0.1) is 12.8 Å². The maximum atomic E-state index is 13.2. The lowest BCUT2D eigenvalue weighted by molar-refractivity contribution is -0.134. The van der Waals surface area contributed by atoms with Gasteiger partial charge in [-0.05, 0) is 81.0 Å². The standard InChI is InChI=1S/C30H34N2O4/c1-4-31(5-2)30(34)27-15-14-25(36-27)19-35-24-13-12-21-16-17-32(29(33)23-10-11-23)28(26(21)18-24)22-8-6-20(3)7-9-22/h6-9,12-15,18,23,28H,4-5,10-11,16-17,19H2,1-3H3/t28-/m1/s1. The second kappa shape index (κ2) is 10.2. The average Bonchev–Trinajstić information content (AvgIpc) is 3.64. The van der Waals surface area contributed by atoms with Gasteiger partial charge in [0, 0.05) is 25.6 Å². The smallest absolute Gasteiger partial charge is 0.289 e. The summed E-state index contributed by atoms with van der Waals surface area (Å²) in [5.74, 6) is 1.98. The van der Waals surface area contributed by atoms with Crippen molar-refractivity contribution < 1.29 is 18.7 Å². The molecule has 1 fully saturated rings. The van der Waals surface area contributed by atoms with E-state index in [2.05, 4.69) is 48.2 Å². The second-order valence-corrected chi connectivity index (χ2v) is 9.76. The van der Waals surface area contributed by atoms with Crippen molar-refractivity contribution in [3.05, 3.63) is 88.4 Å². The molecule has 2 aromatic carbocycles. The minimum atomic E-state index is -0.118. The Kier molecular flexibility index (Phi) is 6.86. The summed E-state index contributed by atoms with van der Waals surface area (Å²) in [5.41, 5.74) is 4.69. The monoisotopic (exact) mass is 486 g/mol. The van der Waals surface area contributed by atoms with Crippen LogP contribution in [0.4, 0.5) is 0 Å². The van der Waals surface area contributed by atoms with E-state index in [4.69, 9.17) is 9.15 Å². The highest BCUT2D eigenvalue weighted by atomic mass is 16.5. The van der Waals surface area contributed by atoms with Crippen LogP contribution >= 0.6 is 0 Å². The van der Waals surface area contributed by atoms with Crippen LogP contribution in [-0.2, 0) is 17.8 Å². The van der Waals surface area contributed by atoms with Crippen LogP contribution in [0.3, 0.4) is 0 Å². The molecule has 0 N–H and O–H groups in total. The number of furan rings is 1. The molecule has 0 spiro atoms. The van der Waals surface area contributed by atoms with Gasteiger partial charge in [0.2, 0.25) is 5.91 Å². The van der Waals surface area contributed by atoms with Crippen molar-refractivity contribution in [3.8, 4) is 5.75 Å². The summed E-state index contributed by atoms with van der Waals surface area (Å²) >= 11 is 0. The number of hydrogen-bond acceptors (Lipinski definition) is 4. The molecule has 6 heteroatoms. The molecule has 1 saturated carbocycles. The summed E-state index contributed by atoms with van der Waals surface area (Å²) in [4.78, 5) is 29.6. The van der Waals surface area contributed by atoms with Crippen LogP contribution in [0.1, 0.15) is 71.3 Å². The highest BCUT2D eigenvalue weighted by molar-refractivity contribution is 5.91. The van der Waals surface area contributed by atoms with Gasteiger partial charge in [0.15, 0.2) is 5.76 Å². The molecule has 36 heavy (non-hydrogen) atoms. The number of nitrogens with zero attached hydrogens (tertiary/aromatic N) is 2. The Morgan fingerprint density at radius 3 is 2.47 bits per heavy atom. The van der Waals surface area contributed by atoms with Crippen LogP contribution in [0.5, 0.6) is 5.75 Å². The third kappa shape index (κ3) is 4.90. The van der Waals surface area contributed by atoms with Crippen molar-refractivity contribution in [3.63, 3.8) is 0 Å². The van der Waals surface area contributed by atoms with Gasteiger partial charge in [0.1, 0.15) is 18.1 Å². The van der Waals surface area contributed by atoms with Crippen molar-refractivity contribution >= 4 is 11.8 Å². The van der Waals surface area contributed by atoms with Crippen LogP contribution in [-0.4, -0.2) is 41.2 Å². The summed E-state index contributed by atoms with van der Waals surface area (Å²) < 4.78 is 11.9. The topological polar surface area (TPSA) is 63.0 Å². The number of hydrogen-bond donors (Lipinski definition) is 0. The van der Waals surface area contributed by atoms with Crippen LogP contribution in [0.2, 0.25) is 0 Å². The number of rotatable bonds is 8. The molecule has 6 nitrogen and oxygen atoms in total. The van der Waals surface area contributed by atoms with Gasteiger partial charge >= 0.3 is 0 Å². The molecule has 2 aliphatic rings. The predicted molar refractivity (Wildman–Crippen MR) is 138 cm³/mol. The van der Waals surface area contributed by atoms with E-state index < -0.39 is 0 Å². The zero-order chi connectivity index (χ0) is 25.2. The summed E-state index contributed by atoms with van der Waals surface area (Å²) in [6.07, 6.45) is 2.83. The van der Waals surface area contributed by atoms with Gasteiger partial charge in [-0.1, -0.05) is 35.9 Å². The molecule has 0 saturated heterocycles. The molecule has 2 heterocycles. The van der Waals surface area contributed by atoms with Crippen molar-refractivity contribution in [1.29, 1.82) is 0 Å². The number of aryl methyl sites for hydroxylation is 1. The van der Waals surface area contributed by atoms with Gasteiger partial charge in [0.05, 0.1) is 6.04 Å². The van der Waals surface area contributed by atoms with Crippen molar-refractivity contribution in [2.45, 2.75) is 52.7 Å². The molecule has 1 atom stereocenters. The molecule has 0 unspecified atom stereocenters. The highest BCUT2D eigenvalue weighted by Crippen LogP contribution is 2.41. The normalized spacial score (nSPS) is 17.0. The van der Waals surface area contributed by atoms with Crippen molar-refractivity contribution in [2.75, 3.05) is 19.6 Å². The van der Waals surface area contributed by atoms with E-state index in [1.165, 1.54) is 11.1 Å². The van der Waals surface area contributed by atoms with Crippen LogP contribution in [0.15, 0.2) is 59.0 Å². The first-order valence-electron chi connectivity index (χ1n) is 13.0. The van der Waals surface area contributed by atoms with Crippen LogP contribution < -0.4 is 4.74 Å². The molecule has 1 aliphatic carbocycles. The Bertz CT molecular complexity index is 1240. The van der Waals surface area contributed by atoms with E-state index in [1.807, 2.05) is 19.9 Å². The summed E-state index contributed by atoms with van der Waals surface area (Å²) in [7, 11) is 0. The lowest BCUT2D eigenvalue weighted by Crippen LogP contribution is -2.41. The molecule has 188 valence electrons. The van der Waals surface area contributed by atoms with E-state index in [0.29, 0.717) is 24.6 Å². The van der Waals surface area contributed by atoms with Gasteiger partial charge in [-0.25, -0.2) is 0 Å². The summed E-state index contributed by atoms with van der Waals surface area (Å²) in [5, 5.41) is 0. The highest BCUT2D eigenvalue weighted by Gasteiger charge is 2.39. The largest absolute Gasteiger partial charge is 0.486 e. The quantitative estimate of drug-likeness (QED) is 0.420. The van der Waals surface area contributed by atoms with E-state index in [9.17, 15) is 9.59 Å². The fourth-order valence-corrected chi connectivity index (χ4v) is 4.98. The molecule has 5 rings (SSSR count). The van der Waals surface area contributed by atoms with Gasteiger partial charge in [-0.15, -0.1) is 0 Å². The lowest BCUT2D eigenvalue weighted by atomic mass is 9.87. The van der Waals surface area contributed by atoms with E-state index in [1.54, 1.807) is 17.0 Å². The minimum absolute atomic E-state index is 0.110. The zero-order valence-electron chi connectivity index (χ0n) is 21.3. The molecule has 1 aliphatic heterocycles. The second-order valence-electron chi connectivity index (χ2n) is 9.76. The van der Waals surface area contributed by atoms with E-state index >= 15 is 0 Å². The van der Waals surface area contributed by atoms with Gasteiger partial charge < -0.3 is 19.0 Å². The fraction of sp³-hybridized carbons (Fsp3) is 0.400. The Hall–Kier alpha value is -3.54. The SMILES string of the molecule is CCN(CC)C(=O)c1ccc(COc2ccc3c(c2)[C@@H](c2ccc(C)cc2)N(C(=O)C2CC2)CC3)o1. The minimum Gasteiger partial charge on any atom is -0.486 e. The maximum absolute atomic E-state index is 13.2. The first-order valence-corrected chi connectivity index (χ1v) is 13.0. The molecule has 1 aromatic heterocycles. The number of benzene rings is 2. The molecule has 0 bridgehead atoms. The third-order valence-electron chi connectivity index (χ3n) is 7.25. The molecular weight excluding hydrogens is 452 g/mol. The maximum Gasteiger partial charge on any atom is 0.289 e. The number of amides is 2. The van der Waals surface area contributed by atoms with E-state index in [0.717, 1.165) is 42.7 Å². The number of carbonyl (C=O) groups is 2. The predicted octanol–water partition coefficient (Wildman–Crippen LogP) is 5.53. The van der Waals surface area contributed by atoms with E-state index in [-0.39, 0.29) is 30.4 Å². The summed E-state index contributed by atoms with van der Waals surface area (Å²) in [6.45, 7) is 8.22. The lowest BCUT2D eigenvalue weighted by Gasteiger charge is -2.38. The van der Waals surface area contributed by atoms with Gasteiger partial charge in [-0.3, -0.25) is 9.59 Å². The van der Waals surface area contributed by atoms with Crippen molar-refractivity contribution in [1.82, 2.24) is 9.80 Å².